The van der Waals surface area contributed by atoms with Crippen molar-refractivity contribution < 1.29 is 18.3 Å². The van der Waals surface area contributed by atoms with Gasteiger partial charge in [0.05, 0.1) is 23.9 Å². The summed E-state index contributed by atoms with van der Waals surface area (Å²) < 4.78 is 32.9. The van der Waals surface area contributed by atoms with E-state index in [4.69, 9.17) is 4.74 Å². The Kier molecular flexibility index (Phi) is 6.87. The number of aliphatic hydroxyl groups excluding tert-OH is 1. The fourth-order valence-electron chi connectivity index (χ4n) is 3.68. The summed E-state index contributed by atoms with van der Waals surface area (Å²) in [6, 6.07) is 6.19. The Morgan fingerprint density at radius 1 is 1.19 bits per heavy atom. The number of nitrogens with one attached hydrogen (secondary N) is 3. The molecule has 1 aromatic carbocycles. The number of sulfonamides is 1. The first-order chi connectivity index (χ1) is 15.4. The van der Waals surface area contributed by atoms with E-state index in [-0.39, 0.29) is 11.4 Å². The average molecular weight is 461 g/mol. The Morgan fingerprint density at radius 3 is 2.66 bits per heavy atom. The minimum atomic E-state index is -3.69. The van der Waals surface area contributed by atoms with Gasteiger partial charge in [0.2, 0.25) is 21.9 Å². The van der Waals surface area contributed by atoms with Crippen LogP contribution in [0.15, 0.2) is 35.5 Å². The molecular formula is C21H28N6O4S. The highest BCUT2D eigenvalue weighted by atomic mass is 32.2. The molecule has 1 fully saturated rings. The second kappa shape index (κ2) is 9.80. The predicted octanol–water partition coefficient (Wildman–Crippen LogP) is 2.71. The molecule has 1 atom stereocenters. The van der Waals surface area contributed by atoms with Gasteiger partial charge >= 0.3 is 0 Å². The van der Waals surface area contributed by atoms with Crippen molar-refractivity contribution in [3.8, 4) is 5.88 Å². The van der Waals surface area contributed by atoms with Crippen molar-refractivity contribution in [3.05, 3.63) is 30.6 Å². The zero-order valence-corrected chi connectivity index (χ0v) is 18.7. The Balaban J connectivity index is 1.48. The molecule has 0 amide bonds. The van der Waals surface area contributed by atoms with Crippen LogP contribution in [0.2, 0.25) is 0 Å². The molecule has 10 nitrogen and oxygen atoms in total. The lowest BCUT2D eigenvalue weighted by Crippen LogP contribution is -2.30. The number of hydrogen-bond donors (Lipinski definition) is 4. The van der Waals surface area contributed by atoms with E-state index in [2.05, 4.69) is 30.0 Å². The van der Waals surface area contributed by atoms with E-state index >= 15 is 0 Å². The van der Waals surface area contributed by atoms with Gasteiger partial charge in [0.25, 0.3) is 0 Å². The van der Waals surface area contributed by atoms with E-state index < -0.39 is 16.1 Å². The minimum absolute atomic E-state index is 0.0521. The Hall–Kier alpha value is -2.76. The smallest absolute Gasteiger partial charge is 0.245 e. The molecule has 0 unspecified atom stereocenters. The summed E-state index contributed by atoms with van der Waals surface area (Å²) in [7, 11) is -3.69. The van der Waals surface area contributed by atoms with E-state index in [1.807, 2.05) is 0 Å². The maximum absolute atomic E-state index is 12.3. The van der Waals surface area contributed by atoms with Gasteiger partial charge in [0.1, 0.15) is 5.52 Å². The lowest BCUT2D eigenvalue weighted by atomic mass is 9.90. The first-order valence-electron chi connectivity index (χ1n) is 10.8. The molecular weight excluding hydrogens is 432 g/mol. The normalized spacial score (nSPS) is 16.2. The van der Waals surface area contributed by atoms with Crippen LogP contribution in [0.5, 0.6) is 5.88 Å². The maximum Gasteiger partial charge on any atom is 0.245 e. The summed E-state index contributed by atoms with van der Waals surface area (Å²) in [6.45, 7) is 2.07. The molecule has 32 heavy (non-hydrogen) atoms. The van der Waals surface area contributed by atoms with Crippen molar-refractivity contribution in [2.75, 3.05) is 18.5 Å². The summed E-state index contributed by atoms with van der Waals surface area (Å²) in [5, 5.41) is 12.4. The van der Waals surface area contributed by atoms with E-state index in [0.29, 0.717) is 41.2 Å². The van der Waals surface area contributed by atoms with Gasteiger partial charge in [-0.3, -0.25) is 0 Å². The molecule has 4 N–H and O–H groups in total. The van der Waals surface area contributed by atoms with E-state index in [1.54, 1.807) is 18.5 Å². The summed E-state index contributed by atoms with van der Waals surface area (Å²) in [6.07, 6.45) is 6.90. The lowest BCUT2D eigenvalue weighted by Gasteiger charge is -2.21. The number of nitrogens with zero attached hydrogens (tertiary/aromatic N) is 3. The zero-order chi connectivity index (χ0) is 22.6. The number of rotatable bonds is 9. The highest BCUT2D eigenvalue weighted by Crippen LogP contribution is 2.27. The number of anilines is 2. The van der Waals surface area contributed by atoms with Gasteiger partial charge in [-0.1, -0.05) is 19.3 Å². The molecule has 4 rings (SSSR count). The van der Waals surface area contributed by atoms with Crippen LogP contribution in [-0.4, -0.2) is 52.7 Å². The number of H-pyrrole nitrogens is 1. The second-order valence-corrected chi connectivity index (χ2v) is 9.89. The van der Waals surface area contributed by atoms with E-state index in [1.165, 1.54) is 51.2 Å². The predicted molar refractivity (Wildman–Crippen MR) is 120 cm³/mol. The van der Waals surface area contributed by atoms with Crippen LogP contribution in [0.25, 0.3) is 11.2 Å². The SMILES string of the molecule is C[C@H](O)CNS(=O)(=O)c1ccc(Nc2nc(OCC3CCCCC3)c3[nH]cnc3n2)cc1. The molecule has 0 aliphatic heterocycles. The third-order valence-electron chi connectivity index (χ3n) is 5.42. The number of imidazole rings is 1. The van der Waals surface area contributed by atoms with Crippen LogP contribution in [0, 0.1) is 5.92 Å². The van der Waals surface area contributed by atoms with Crippen LogP contribution in [0.1, 0.15) is 39.0 Å². The van der Waals surface area contributed by atoms with Crippen LogP contribution in [-0.2, 0) is 10.0 Å². The summed E-state index contributed by atoms with van der Waals surface area (Å²) in [5.41, 5.74) is 1.76. The van der Waals surface area contributed by atoms with Gasteiger partial charge < -0.3 is 20.1 Å². The van der Waals surface area contributed by atoms with Gasteiger partial charge in [0.15, 0.2) is 5.65 Å². The first-order valence-corrected chi connectivity index (χ1v) is 12.3. The van der Waals surface area contributed by atoms with Gasteiger partial charge in [-0.15, -0.1) is 0 Å². The second-order valence-electron chi connectivity index (χ2n) is 8.12. The fraction of sp³-hybridized carbons (Fsp3) is 0.476. The summed E-state index contributed by atoms with van der Waals surface area (Å²) in [4.78, 5) is 16.3. The standard InChI is InChI=1S/C21H28N6O4S/c1-14(28)11-24-32(29,30)17-9-7-16(8-10-17)25-21-26-19-18(22-13-23-19)20(27-21)31-12-15-5-3-2-4-6-15/h7-10,13-15,24,28H,2-6,11-12H2,1H3,(H2,22,23,25,26,27)/t14-/m0/s1. The number of hydrogen-bond acceptors (Lipinski definition) is 8. The molecule has 0 spiro atoms. The van der Waals surface area contributed by atoms with Crippen molar-refractivity contribution in [1.29, 1.82) is 0 Å². The number of aromatic amines is 1. The third kappa shape index (κ3) is 5.53. The van der Waals surface area contributed by atoms with Gasteiger partial charge in [0, 0.05) is 12.2 Å². The van der Waals surface area contributed by atoms with Gasteiger partial charge in [-0.25, -0.2) is 18.1 Å². The van der Waals surface area contributed by atoms with Crippen LogP contribution >= 0.6 is 0 Å². The van der Waals surface area contributed by atoms with E-state index in [0.717, 1.165) is 0 Å². The van der Waals surface area contributed by atoms with E-state index in [9.17, 15) is 13.5 Å². The average Bonchev–Trinajstić information content (AvgIpc) is 3.26. The molecule has 3 aromatic rings. The molecule has 0 saturated heterocycles. The number of ether oxygens (including phenoxy) is 1. The maximum atomic E-state index is 12.3. The minimum Gasteiger partial charge on any atom is -0.476 e. The molecule has 172 valence electrons. The van der Waals surface area contributed by atoms with Crippen LogP contribution in [0.4, 0.5) is 11.6 Å². The number of aromatic nitrogens is 4. The Bertz CT molecular complexity index is 1140. The van der Waals surface area contributed by atoms with Crippen molar-refractivity contribution in [3.63, 3.8) is 0 Å². The Morgan fingerprint density at radius 2 is 1.94 bits per heavy atom. The molecule has 1 aliphatic rings. The molecule has 11 heteroatoms. The van der Waals surface area contributed by atoms with Crippen molar-refractivity contribution in [2.45, 2.75) is 50.0 Å². The number of fused-ring (bicyclic) bond motifs is 1. The Labute approximate surface area is 186 Å². The van der Waals surface area contributed by atoms with Crippen molar-refractivity contribution in [2.24, 2.45) is 5.92 Å². The molecule has 0 radical (unpaired) electrons. The van der Waals surface area contributed by atoms with Crippen LogP contribution < -0.4 is 14.8 Å². The fourth-order valence-corrected chi connectivity index (χ4v) is 4.80. The molecule has 2 heterocycles. The summed E-state index contributed by atoms with van der Waals surface area (Å²) >= 11 is 0. The van der Waals surface area contributed by atoms with Gasteiger partial charge in [-0.2, -0.15) is 9.97 Å². The van der Waals surface area contributed by atoms with Crippen molar-refractivity contribution >= 4 is 32.8 Å². The number of aliphatic hydroxyl groups is 1. The highest BCUT2D eigenvalue weighted by Gasteiger charge is 2.18. The molecule has 1 aliphatic carbocycles. The molecule has 0 bridgehead atoms. The third-order valence-corrected chi connectivity index (χ3v) is 6.86. The quantitative estimate of drug-likeness (QED) is 0.382. The number of benzene rings is 1. The largest absolute Gasteiger partial charge is 0.476 e. The molecule has 2 aromatic heterocycles. The monoisotopic (exact) mass is 460 g/mol. The zero-order valence-electron chi connectivity index (χ0n) is 17.9. The summed E-state index contributed by atoms with van der Waals surface area (Å²) in [5.74, 6) is 1.29. The lowest BCUT2D eigenvalue weighted by molar-refractivity contribution is 0.198. The van der Waals surface area contributed by atoms with Gasteiger partial charge in [-0.05, 0) is 49.9 Å². The first kappa shape index (κ1) is 22.4. The van der Waals surface area contributed by atoms with Crippen molar-refractivity contribution in [1.82, 2.24) is 24.7 Å². The highest BCUT2D eigenvalue weighted by molar-refractivity contribution is 7.89. The topological polar surface area (TPSA) is 142 Å². The molecule has 1 saturated carbocycles. The van der Waals surface area contributed by atoms with Crippen LogP contribution in [0.3, 0.4) is 0 Å².